The van der Waals surface area contributed by atoms with E-state index in [4.69, 9.17) is 11.5 Å². The number of hydrogen-bond donors (Lipinski definition) is 3. The molecule has 2 unspecified atom stereocenters. The molecule has 0 aromatic heterocycles. The van der Waals surface area contributed by atoms with E-state index in [1.807, 2.05) is 30.3 Å². The molecule has 9 nitrogen and oxygen atoms in total. The van der Waals surface area contributed by atoms with E-state index in [0.717, 1.165) is 5.56 Å². The Balaban J connectivity index is 1.87. The summed E-state index contributed by atoms with van der Waals surface area (Å²) in [6.07, 6.45) is 3.21. The quantitative estimate of drug-likeness (QED) is 0.151. The van der Waals surface area contributed by atoms with Gasteiger partial charge in [0.05, 0.1) is 6.04 Å². The zero-order valence-electron chi connectivity index (χ0n) is 17.0. The number of Topliss-reactive ketones (excluding diaryl/α,β-unsaturated/α-hetero) is 1. The molecular weight excluding hydrogens is 386 g/mol. The molecule has 162 valence electrons. The molecule has 9 heteroatoms. The number of aliphatic imine (C=N–C) groups is 1. The first-order chi connectivity index (χ1) is 14.4. The molecule has 1 aromatic rings. The van der Waals surface area contributed by atoms with Crippen molar-refractivity contribution in [2.45, 2.75) is 50.6 Å². The summed E-state index contributed by atoms with van der Waals surface area (Å²) in [6, 6.07) is 8.01. The van der Waals surface area contributed by atoms with Gasteiger partial charge in [0, 0.05) is 19.5 Å². The summed E-state index contributed by atoms with van der Waals surface area (Å²) in [5.41, 5.74) is 11.5. The summed E-state index contributed by atoms with van der Waals surface area (Å²) in [6.45, 7) is 0.705. The van der Waals surface area contributed by atoms with Gasteiger partial charge >= 0.3 is 0 Å². The second-order valence-electron chi connectivity index (χ2n) is 7.27. The molecule has 1 saturated heterocycles. The van der Waals surface area contributed by atoms with E-state index in [0.29, 0.717) is 51.5 Å². The third-order valence-electron chi connectivity index (χ3n) is 5.00. The Kier molecular flexibility index (Phi) is 8.99. The summed E-state index contributed by atoms with van der Waals surface area (Å²) in [4.78, 5) is 54.0. The van der Waals surface area contributed by atoms with Crippen molar-refractivity contribution in [3.8, 4) is 0 Å². The fraction of sp³-hybridized carbons (Fsp3) is 0.476. The highest BCUT2D eigenvalue weighted by Crippen LogP contribution is 2.19. The first-order valence-corrected chi connectivity index (χ1v) is 10.1. The van der Waals surface area contributed by atoms with Crippen LogP contribution < -0.4 is 16.8 Å². The fourth-order valence-corrected chi connectivity index (χ4v) is 3.42. The highest BCUT2D eigenvalue weighted by Gasteiger charge is 2.37. The number of likely N-dealkylation sites (tertiary alicyclic amines) is 1. The number of benzene rings is 1. The summed E-state index contributed by atoms with van der Waals surface area (Å²) in [5, 5.41) is 2.66. The topological polar surface area (TPSA) is 148 Å². The van der Waals surface area contributed by atoms with Crippen LogP contribution in [0.3, 0.4) is 0 Å². The Hall–Kier alpha value is -3.23. The van der Waals surface area contributed by atoms with Gasteiger partial charge in [0.25, 0.3) is 5.91 Å². The van der Waals surface area contributed by atoms with Gasteiger partial charge in [-0.1, -0.05) is 30.3 Å². The number of amides is 2. The number of nitrogens with two attached hydrogens (primary N) is 2. The predicted octanol–water partition coefficient (Wildman–Crippen LogP) is -0.0834. The van der Waals surface area contributed by atoms with E-state index in [-0.39, 0.29) is 12.4 Å². The van der Waals surface area contributed by atoms with E-state index in [1.54, 1.807) is 0 Å². The standard InChI is InChI=1S/C21H29N5O4/c22-21(23)24-12-4-8-16(14-27)25-19(29)17-9-5-13-26(17)20(30)18(28)11-10-15-6-2-1-3-7-15/h1-3,6-7,14,16-17H,4-5,8-13H2,(H,25,29)(H4,22,23,24). The molecular formula is C21H29N5O4. The van der Waals surface area contributed by atoms with Crippen LogP contribution in [0.1, 0.15) is 37.7 Å². The summed E-state index contributed by atoms with van der Waals surface area (Å²) >= 11 is 0. The number of hydrogen-bond acceptors (Lipinski definition) is 5. The van der Waals surface area contributed by atoms with Crippen molar-refractivity contribution in [1.82, 2.24) is 10.2 Å². The van der Waals surface area contributed by atoms with Crippen molar-refractivity contribution in [1.29, 1.82) is 0 Å². The minimum Gasteiger partial charge on any atom is -0.370 e. The maximum atomic E-state index is 12.6. The number of guanidine groups is 1. The summed E-state index contributed by atoms with van der Waals surface area (Å²) < 4.78 is 0. The van der Waals surface area contributed by atoms with Crippen LogP contribution in [0.25, 0.3) is 0 Å². The van der Waals surface area contributed by atoms with Gasteiger partial charge < -0.3 is 26.5 Å². The average molecular weight is 415 g/mol. The number of carbonyl (C=O) groups excluding carboxylic acids is 4. The zero-order valence-corrected chi connectivity index (χ0v) is 17.0. The lowest BCUT2D eigenvalue weighted by atomic mass is 10.1. The summed E-state index contributed by atoms with van der Waals surface area (Å²) in [5.74, 6) is -1.60. The van der Waals surface area contributed by atoms with E-state index in [1.165, 1.54) is 4.90 Å². The van der Waals surface area contributed by atoms with E-state index in [9.17, 15) is 19.2 Å². The molecule has 1 heterocycles. The first-order valence-electron chi connectivity index (χ1n) is 10.1. The van der Waals surface area contributed by atoms with E-state index >= 15 is 0 Å². The molecule has 1 aromatic carbocycles. The van der Waals surface area contributed by atoms with Gasteiger partial charge in [-0.05, 0) is 37.7 Å². The molecule has 30 heavy (non-hydrogen) atoms. The van der Waals surface area contributed by atoms with E-state index < -0.39 is 29.7 Å². The third-order valence-corrected chi connectivity index (χ3v) is 5.00. The fourth-order valence-electron chi connectivity index (χ4n) is 3.42. The van der Waals surface area contributed by atoms with Crippen molar-refractivity contribution in [3.05, 3.63) is 35.9 Å². The molecule has 2 atom stereocenters. The van der Waals surface area contributed by atoms with Crippen molar-refractivity contribution >= 4 is 29.8 Å². The molecule has 1 aliphatic rings. The molecule has 0 bridgehead atoms. The lowest BCUT2D eigenvalue weighted by Gasteiger charge is -2.24. The van der Waals surface area contributed by atoms with Crippen LogP contribution in [0.5, 0.6) is 0 Å². The van der Waals surface area contributed by atoms with Gasteiger partial charge in [-0.3, -0.25) is 19.4 Å². The van der Waals surface area contributed by atoms with Gasteiger partial charge in [-0.2, -0.15) is 0 Å². The normalized spacial score (nSPS) is 16.5. The summed E-state index contributed by atoms with van der Waals surface area (Å²) in [7, 11) is 0. The van der Waals surface area contributed by atoms with E-state index in [2.05, 4.69) is 10.3 Å². The Morgan fingerprint density at radius 3 is 2.63 bits per heavy atom. The zero-order chi connectivity index (χ0) is 21.9. The van der Waals surface area contributed by atoms with Crippen LogP contribution in [0.15, 0.2) is 35.3 Å². The molecule has 0 saturated carbocycles. The predicted molar refractivity (Wildman–Crippen MR) is 112 cm³/mol. The largest absolute Gasteiger partial charge is 0.370 e. The van der Waals surface area contributed by atoms with Gasteiger partial charge in [-0.25, -0.2) is 0 Å². The molecule has 2 amide bonds. The number of carbonyl (C=O) groups is 4. The molecule has 0 aliphatic carbocycles. The van der Waals surface area contributed by atoms with Crippen molar-refractivity contribution < 1.29 is 19.2 Å². The molecule has 5 N–H and O–H groups in total. The van der Waals surface area contributed by atoms with Crippen LogP contribution in [0.4, 0.5) is 0 Å². The molecule has 0 radical (unpaired) electrons. The van der Waals surface area contributed by atoms with Crippen LogP contribution in [0.2, 0.25) is 0 Å². The number of aldehydes is 1. The molecule has 0 spiro atoms. The van der Waals surface area contributed by atoms with Gasteiger partial charge in [0.2, 0.25) is 11.7 Å². The lowest BCUT2D eigenvalue weighted by Crippen LogP contribution is -2.50. The van der Waals surface area contributed by atoms with Crippen molar-refractivity contribution in [2.24, 2.45) is 16.5 Å². The number of ketones is 1. The van der Waals surface area contributed by atoms with Gasteiger partial charge in [0.1, 0.15) is 12.3 Å². The smallest absolute Gasteiger partial charge is 0.290 e. The molecule has 2 rings (SSSR count). The maximum absolute atomic E-state index is 12.6. The first kappa shape index (κ1) is 23.1. The van der Waals surface area contributed by atoms with Crippen molar-refractivity contribution in [3.63, 3.8) is 0 Å². The monoisotopic (exact) mass is 415 g/mol. The molecule has 1 fully saturated rings. The lowest BCUT2D eigenvalue weighted by molar-refractivity contribution is -0.147. The minimum atomic E-state index is -0.738. The highest BCUT2D eigenvalue weighted by atomic mass is 16.2. The number of rotatable bonds is 11. The second-order valence-corrected chi connectivity index (χ2v) is 7.27. The Bertz CT molecular complexity index is 777. The number of nitrogens with zero attached hydrogens (tertiary/aromatic N) is 2. The SMILES string of the molecule is NC(N)=NCCCC(C=O)NC(=O)C1CCCN1C(=O)C(=O)CCc1ccccc1. The van der Waals surface area contributed by atoms with Gasteiger partial charge in [-0.15, -0.1) is 0 Å². The molecule has 1 aliphatic heterocycles. The number of aryl methyl sites for hydroxylation is 1. The van der Waals surface area contributed by atoms with Crippen LogP contribution in [-0.2, 0) is 25.6 Å². The third kappa shape index (κ3) is 6.98. The van der Waals surface area contributed by atoms with Crippen LogP contribution in [-0.4, -0.2) is 59.9 Å². The van der Waals surface area contributed by atoms with Crippen LogP contribution >= 0.6 is 0 Å². The maximum Gasteiger partial charge on any atom is 0.290 e. The Morgan fingerprint density at radius 2 is 1.97 bits per heavy atom. The highest BCUT2D eigenvalue weighted by molar-refractivity contribution is 6.36. The van der Waals surface area contributed by atoms with Gasteiger partial charge in [0.15, 0.2) is 5.96 Å². The minimum absolute atomic E-state index is 0.0290. The Labute approximate surface area is 175 Å². The number of nitrogens with one attached hydrogen (secondary N) is 1. The average Bonchev–Trinajstić information content (AvgIpc) is 3.24. The van der Waals surface area contributed by atoms with Crippen LogP contribution in [0, 0.1) is 0 Å². The second kappa shape index (κ2) is 11.7. The van der Waals surface area contributed by atoms with Crippen molar-refractivity contribution in [2.75, 3.05) is 13.1 Å². The Morgan fingerprint density at radius 1 is 1.23 bits per heavy atom.